The molecule has 14 rings (SSSR count). The van der Waals surface area contributed by atoms with Crippen molar-refractivity contribution in [3.05, 3.63) is 148 Å². The fourth-order valence-electron chi connectivity index (χ4n) is 14.7. The molecule has 2 aliphatic heterocycles. The summed E-state index contributed by atoms with van der Waals surface area (Å²) < 4.78 is 5.44. The Balaban J connectivity index is 1.18. The molecule has 0 radical (unpaired) electrons. The van der Waals surface area contributed by atoms with Crippen molar-refractivity contribution >= 4 is 109 Å². The standard InChI is InChI=1S/C67H69BN2S2/c1-38-30-47-50(66(10,11)28-26-63(47,4)5)35-53(38)69-55-34-43-40-18-14-16-20-56(40)71-58(43)37-52(55)68-59-44(32-45-41-19-15-17-21-57(41)72-61(45)60(59)69)42-33-49-51(67(12,13)29-27-65(49,8)9)36-54(42)70(68)39-22-23-46-48(31-39)64(6,7)25-24-62(46,2)3/h14-23,30-37H,24-29H2,1-13H3. The third-order valence-electron chi connectivity index (χ3n) is 19.5. The number of fused-ring (bicyclic) bond motifs is 14. The van der Waals surface area contributed by atoms with E-state index >= 15 is 0 Å². The van der Waals surface area contributed by atoms with Gasteiger partial charge in [-0.3, -0.25) is 0 Å². The topological polar surface area (TPSA) is 6.48 Å². The second kappa shape index (κ2) is 14.5. The molecule has 72 heavy (non-hydrogen) atoms. The van der Waals surface area contributed by atoms with E-state index < -0.39 is 0 Å². The SMILES string of the molecule is Cc1cc2c(cc1N1c3cc4c(cc3B3c5c(cc6c(sc7ccccc76)c51)-c1cc5c(cc1N3c1ccc3c(c1)C(C)(C)CCC3(C)C)C(C)(C)CCC5(C)C)sc1ccccc14)C(C)(C)CCC2(C)C. The molecular weight excluding hydrogens is 908 g/mol. The zero-order chi connectivity index (χ0) is 50.0. The van der Waals surface area contributed by atoms with E-state index in [1.807, 2.05) is 22.7 Å². The molecule has 0 spiro atoms. The average molecular weight is 977 g/mol. The average Bonchev–Trinajstić information content (AvgIpc) is 3.90. The van der Waals surface area contributed by atoms with Crippen LogP contribution in [-0.2, 0) is 32.5 Å². The molecule has 9 aromatic rings. The van der Waals surface area contributed by atoms with Crippen molar-refractivity contribution in [3.8, 4) is 11.1 Å². The summed E-state index contributed by atoms with van der Waals surface area (Å²) in [5, 5.41) is 5.41. The van der Waals surface area contributed by atoms with Crippen molar-refractivity contribution in [3.63, 3.8) is 0 Å². The van der Waals surface area contributed by atoms with Crippen LogP contribution in [0.1, 0.15) is 161 Å². The minimum atomic E-state index is -0.0817. The van der Waals surface area contributed by atoms with Crippen molar-refractivity contribution in [2.75, 3.05) is 9.71 Å². The lowest BCUT2D eigenvalue weighted by molar-refractivity contribution is 0.332. The van der Waals surface area contributed by atoms with E-state index in [9.17, 15) is 0 Å². The second-order valence-corrected chi connectivity index (χ2v) is 29.0. The van der Waals surface area contributed by atoms with Gasteiger partial charge in [-0.2, -0.15) is 0 Å². The van der Waals surface area contributed by atoms with Gasteiger partial charge in [0.25, 0.3) is 0 Å². The number of benzene rings is 7. The van der Waals surface area contributed by atoms with Crippen LogP contribution in [0, 0.1) is 6.92 Å². The summed E-state index contributed by atoms with van der Waals surface area (Å²) in [5.41, 5.74) is 23.1. The van der Waals surface area contributed by atoms with Gasteiger partial charge < -0.3 is 9.71 Å². The Kier molecular flexibility index (Phi) is 9.10. The highest BCUT2D eigenvalue weighted by Gasteiger charge is 2.50. The van der Waals surface area contributed by atoms with Crippen LogP contribution in [0.4, 0.5) is 28.4 Å². The van der Waals surface area contributed by atoms with Gasteiger partial charge in [0.05, 0.1) is 10.4 Å². The number of rotatable bonds is 2. The number of thiophene rings is 2. The van der Waals surface area contributed by atoms with E-state index in [1.54, 1.807) is 0 Å². The highest BCUT2D eigenvalue weighted by Crippen LogP contribution is 2.58. The summed E-state index contributed by atoms with van der Waals surface area (Å²) in [6.07, 6.45) is 7.11. The minimum absolute atomic E-state index is 0.0448. The molecule has 3 aliphatic carbocycles. The number of aryl methyl sites for hydroxylation is 1. The molecule has 0 bridgehead atoms. The van der Waals surface area contributed by atoms with Gasteiger partial charge in [0.1, 0.15) is 0 Å². The van der Waals surface area contributed by atoms with Crippen molar-refractivity contribution < 1.29 is 0 Å². The molecule has 0 atom stereocenters. The molecule has 7 aromatic carbocycles. The van der Waals surface area contributed by atoms with Crippen molar-refractivity contribution in [2.45, 2.75) is 161 Å². The summed E-state index contributed by atoms with van der Waals surface area (Å²) in [5.74, 6) is 0. The predicted molar refractivity (Wildman–Crippen MR) is 317 cm³/mol. The first kappa shape index (κ1) is 45.3. The van der Waals surface area contributed by atoms with Crippen molar-refractivity contribution in [1.29, 1.82) is 0 Å². The maximum atomic E-state index is 2.86. The van der Waals surface area contributed by atoms with Crippen LogP contribution in [0.3, 0.4) is 0 Å². The Bertz CT molecular complexity index is 3870. The number of hydrogen-bond donors (Lipinski definition) is 0. The van der Waals surface area contributed by atoms with Crippen LogP contribution in [0.2, 0.25) is 0 Å². The molecule has 2 nitrogen and oxygen atoms in total. The lowest BCUT2D eigenvalue weighted by Gasteiger charge is -2.49. The van der Waals surface area contributed by atoms with Crippen molar-refractivity contribution in [2.24, 2.45) is 0 Å². The fourth-order valence-corrected chi connectivity index (χ4v) is 17.1. The Hall–Kier alpha value is -5.36. The Morgan fingerprint density at radius 1 is 0.417 bits per heavy atom. The van der Waals surface area contributed by atoms with Gasteiger partial charge in [-0.25, -0.2) is 0 Å². The van der Waals surface area contributed by atoms with E-state index in [0.717, 1.165) is 0 Å². The quantitative estimate of drug-likeness (QED) is 0.159. The number of hydrogen-bond acceptors (Lipinski definition) is 4. The molecular formula is C67H69BN2S2. The zero-order valence-corrected chi connectivity index (χ0v) is 46.6. The monoisotopic (exact) mass is 976 g/mol. The van der Waals surface area contributed by atoms with Gasteiger partial charge in [-0.05, 0) is 194 Å². The smallest absolute Gasteiger partial charge is 0.333 e. The van der Waals surface area contributed by atoms with E-state index in [2.05, 4.69) is 209 Å². The van der Waals surface area contributed by atoms with Gasteiger partial charge in [0.15, 0.2) is 0 Å². The lowest BCUT2D eigenvalue weighted by Crippen LogP contribution is -2.61. The van der Waals surface area contributed by atoms with Gasteiger partial charge in [-0.1, -0.05) is 132 Å². The second-order valence-electron chi connectivity index (χ2n) is 26.9. The molecule has 5 aliphatic rings. The molecule has 0 N–H and O–H groups in total. The maximum Gasteiger partial charge on any atom is 0.333 e. The van der Waals surface area contributed by atoms with Gasteiger partial charge >= 0.3 is 6.85 Å². The summed E-state index contributed by atoms with van der Waals surface area (Å²) >= 11 is 3.96. The molecule has 0 saturated carbocycles. The zero-order valence-electron chi connectivity index (χ0n) is 44.9. The number of anilines is 5. The third kappa shape index (κ3) is 6.13. The summed E-state index contributed by atoms with van der Waals surface area (Å²) in [4.78, 5) is 5.66. The van der Waals surface area contributed by atoms with E-state index in [-0.39, 0.29) is 39.3 Å². The first-order chi connectivity index (χ1) is 34.0. The van der Waals surface area contributed by atoms with Crippen LogP contribution < -0.4 is 20.6 Å². The minimum Gasteiger partial charge on any atom is -0.376 e. The molecule has 5 heteroatoms. The lowest BCUT2D eigenvalue weighted by atomic mass is 9.43. The van der Waals surface area contributed by atoms with E-state index in [1.165, 1.54) is 168 Å². The summed E-state index contributed by atoms with van der Waals surface area (Å²) in [7, 11) is 0. The van der Waals surface area contributed by atoms with Gasteiger partial charge in [-0.15, -0.1) is 22.7 Å². The van der Waals surface area contributed by atoms with Crippen LogP contribution >= 0.6 is 22.7 Å². The first-order valence-corrected chi connectivity index (χ1v) is 28.7. The van der Waals surface area contributed by atoms with Gasteiger partial charge in [0, 0.05) is 64.0 Å². The van der Waals surface area contributed by atoms with Gasteiger partial charge in [0.2, 0.25) is 0 Å². The third-order valence-corrected chi connectivity index (χ3v) is 21.9. The normalized spacial score (nSPS) is 20.3. The summed E-state index contributed by atoms with van der Waals surface area (Å²) in [6, 6.07) is 44.6. The molecule has 362 valence electrons. The summed E-state index contributed by atoms with van der Waals surface area (Å²) in [6.45, 7) is 32.2. The molecule has 0 unspecified atom stereocenters. The highest BCUT2D eigenvalue weighted by atomic mass is 32.1. The van der Waals surface area contributed by atoms with Crippen LogP contribution in [0.5, 0.6) is 0 Å². The van der Waals surface area contributed by atoms with Crippen LogP contribution in [0.15, 0.2) is 109 Å². The largest absolute Gasteiger partial charge is 0.376 e. The molecule has 4 heterocycles. The Labute approximate surface area is 436 Å². The Morgan fingerprint density at radius 3 is 1.56 bits per heavy atom. The predicted octanol–water partition coefficient (Wildman–Crippen LogP) is 18.5. The highest BCUT2D eigenvalue weighted by molar-refractivity contribution is 7.27. The van der Waals surface area contributed by atoms with E-state index in [4.69, 9.17) is 0 Å². The van der Waals surface area contributed by atoms with E-state index in [0.29, 0.717) is 0 Å². The molecule has 2 aromatic heterocycles. The Morgan fingerprint density at radius 2 is 0.931 bits per heavy atom. The van der Waals surface area contributed by atoms with Crippen LogP contribution in [0.25, 0.3) is 51.5 Å². The first-order valence-electron chi connectivity index (χ1n) is 27.1. The molecule has 0 fully saturated rings. The molecule has 0 amide bonds. The fraction of sp³-hybridized carbons (Fsp3) is 0.373. The number of nitrogens with zero attached hydrogens (tertiary/aromatic N) is 2. The van der Waals surface area contributed by atoms with Crippen LogP contribution in [-0.4, -0.2) is 6.85 Å². The van der Waals surface area contributed by atoms with Crippen molar-refractivity contribution in [1.82, 2.24) is 0 Å². The molecule has 0 saturated heterocycles. The maximum absolute atomic E-state index is 2.86.